The lowest BCUT2D eigenvalue weighted by Crippen LogP contribution is -2.47. The van der Waals surface area contributed by atoms with Crippen LogP contribution in [-0.4, -0.2) is 32.5 Å². The summed E-state index contributed by atoms with van der Waals surface area (Å²) in [5.41, 5.74) is 0. The van der Waals surface area contributed by atoms with E-state index in [2.05, 4.69) is 4.74 Å². The zero-order chi connectivity index (χ0) is 7.99. The Hall–Kier alpha value is 0.750. The SMILES string of the molecule is OC(O)(C1CO1)C(Cl)(Cl)Cl. The second kappa shape index (κ2) is 2.37. The molecular weight excluding hydrogens is 202 g/mol. The van der Waals surface area contributed by atoms with Gasteiger partial charge in [0.25, 0.3) is 0 Å². The third-order valence-electron chi connectivity index (χ3n) is 1.20. The van der Waals surface area contributed by atoms with Gasteiger partial charge in [0.05, 0.1) is 6.61 Å². The zero-order valence-electron chi connectivity index (χ0n) is 4.72. The number of aliphatic hydroxyl groups is 2. The van der Waals surface area contributed by atoms with Crippen molar-refractivity contribution in [1.29, 1.82) is 0 Å². The van der Waals surface area contributed by atoms with Crippen molar-refractivity contribution in [2.45, 2.75) is 15.7 Å². The Kier molecular flexibility index (Phi) is 2.10. The molecular formula is C4H5Cl3O3. The number of halogens is 3. The fraction of sp³-hybridized carbons (Fsp3) is 1.00. The van der Waals surface area contributed by atoms with Crippen molar-refractivity contribution in [2.75, 3.05) is 6.61 Å². The molecule has 0 radical (unpaired) electrons. The van der Waals surface area contributed by atoms with Gasteiger partial charge in [-0.1, -0.05) is 34.8 Å². The number of ether oxygens (including phenoxy) is 1. The van der Waals surface area contributed by atoms with E-state index in [9.17, 15) is 0 Å². The Morgan fingerprint density at radius 2 is 1.70 bits per heavy atom. The molecule has 0 aromatic rings. The number of hydrogen-bond donors (Lipinski definition) is 2. The summed E-state index contributed by atoms with van der Waals surface area (Å²) < 4.78 is 2.43. The van der Waals surface area contributed by atoms with E-state index in [1.807, 2.05) is 0 Å². The summed E-state index contributed by atoms with van der Waals surface area (Å²) in [5.74, 6) is -2.38. The Balaban J connectivity index is 2.66. The number of rotatable bonds is 1. The molecule has 6 heteroatoms. The Morgan fingerprint density at radius 3 is 1.80 bits per heavy atom. The van der Waals surface area contributed by atoms with Crippen LogP contribution in [0.25, 0.3) is 0 Å². The lowest BCUT2D eigenvalue weighted by molar-refractivity contribution is -0.171. The normalized spacial score (nSPS) is 26.7. The summed E-state index contributed by atoms with van der Waals surface area (Å²) >= 11 is 15.6. The highest BCUT2D eigenvalue weighted by Gasteiger charge is 2.57. The molecule has 1 unspecified atom stereocenters. The van der Waals surface area contributed by atoms with Gasteiger partial charge in [-0.15, -0.1) is 0 Å². The molecule has 1 heterocycles. The molecule has 0 aromatic carbocycles. The van der Waals surface area contributed by atoms with E-state index in [0.717, 1.165) is 0 Å². The lowest BCUT2D eigenvalue weighted by Gasteiger charge is -2.26. The molecule has 60 valence electrons. The first-order chi connectivity index (χ1) is 4.36. The molecule has 1 aliphatic rings. The van der Waals surface area contributed by atoms with Crippen LogP contribution < -0.4 is 0 Å². The van der Waals surface area contributed by atoms with Crippen molar-refractivity contribution in [1.82, 2.24) is 0 Å². The first-order valence-electron chi connectivity index (χ1n) is 2.49. The molecule has 1 saturated heterocycles. The number of epoxide rings is 1. The second-order valence-corrected chi connectivity index (χ2v) is 4.33. The van der Waals surface area contributed by atoms with Crippen LogP contribution in [0, 0.1) is 0 Å². The summed E-state index contributed by atoms with van der Waals surface area (Å²) in [6.45, 7) is 0.209. The average molecular weight is 207 g/mol. The predicted molar refractivity (Wildman–Crippen MR) is 37.2 cm³/mol. The predicted octanol–water partition coefficient (Wildman–Crippen LogP) is 0.436. The highest BCUT2D eigenvalue weighted by molar-refractivity contribution is 6.68. The van der Waals surface area contributed by atoms with E-state index in [1.54, 1.807) is 0 Å². The van der Waals surface area contributed by atoms with Crippen molar-refractivity contribution >= 4 is 34.8 Å². The van der Waals surface area contributed by atoms with Crippen LogP contribution >= 0.6 is 34.8 Å². The molecule has 1 aliphatic heterocycles. The Labute approximate surface area is 72.4 Å². The van der Waals surface area contributed by atoms with Crippen LogP contribution in [0.3, 0.4) is 0 Å². The molecule has 0 saturated carbocycles. The van der Waals surface area contributed by atoms with Gasteiger partial charge in [0.15, 0.2) is 0 Å². The summed E-state index contributed by atoms with van der Waals surface area (Å²) in [5, 5.41) is 18.1. The van der Waals surface area contributed by atoms with Crippen LogP contribution in [0.4, 0.5) is 0 Å². The van der Waals surface area contributed by atoms with E-state index < -0.39 is 15.7 Å². The lowest BCUT2D eigenvalue weighted by atomic mass is 10.2. The summed E-state index contributed by atoms with van der Waals surface area (Å²) in [4.78, 5) is 0. The van der Waals surface area contributed by atoms with Crippen LogP contribution in [-0.2, 0) is 4.74 Å². The summed E-state index contributed by atoms with van der Waals surface area (Å²) in [7, 11) is 0. The third kappa shape index (κ3) is 1.49. The molecule has 1 fully saturated rings. The molecule has 0 aliphatic carbocycles. The molecule has 2 N–H and O–H groups in total. The molecule has 1 atom stereocenters. The fourth-order valence-corrected chi connectivity index (χ4v) is 0.828. The van der Waals surface area contributed by atoms with Crippen LogP contribution in [0.15, 0.2) is 0 Å². The quantitative estimate of drug-likeness (QED) is 0.373. The highest BCUT2D eigenvalue weighted by atomic mass is 35.6. The minimum atomic E-state index is -2.38. The minimum absolute atomic E-state index is 0.209. The Morgan fingerprint density at radius 1 is 1.30 bits per heavy atom. The zero-order valence-corrected chi connectivity index (χ0v) is 6.99. The molecule has 3 nitrogen and oxygen atoms in total. The number of hydrogen-bond acceptors (Lipinski definition) is 3. The monoisotopic (exact) mass is 206 g/mol. The van der Waals surface area contributed by atoms with Crippen molar-refractivity contribution in [3.8, 4) is 0 Å². The van der Waals surface area contributed by atoms with Crippen LogP contribution in [0.1, 0.15) is 0 Å². The van der Waals surface area contributed by atoms with Gasteiger partial charge in [-0.2, -0.15) is 0 Å². The molecule has 0 spiro atoms. The maximum absolute atomic E-state index is 9.03. The first kappa shape index (κ1) is 8.84. The van der Waals surface area contributed by atoms with E-state index in [4.69, 9.17) is 45.0 Å². The standard InChI is InChI=1S/C4H5Cl3O3/c5-4(6,7)3(8,9)2-1-10-2/h2,8-9H,1H2. The van der Waals surface area contributed by atoms with Gasteiger partial charge < -0.3 is 14.9 Å². The maximum Gasteiger partial charge on any atom is 0.246 e. The van der Waals surface area contributed by atoms with E-state index in [0.29, 0.717) is 0 Å². The van der Waals surface area contributed by atoms with Crippen LogP contribution in [0.5, 0.6) is 0 Å². The molecule has 10 heavy (non-hydrogen) atoms. The van der Waals surface area contributed by atoms with Gasteiger partial charge >= 0.3 is 0 Å². The maximum atomic E-state index is 9.03. The van der Waals surface area contributed by atoms with Gasteiger partial charge in [0.1, 0.15) is 6.10 Å². The van der Waals surface area contributed by atoms with E-state index in [-0.39, 0.29) is 6.61 Å². The molecule has 0 bridgehead atoms. The summed E-state index contributed by atoms with van der Waals surface area (Å²) in [6, 6.07) is 0. The van der Waals surface area contributed by atoms with E-state index >= 15 is 0 Å². The molecule has 0 amide bonds. The molecule has 1 rings (SSSR count). The average Bonchev–Trinajstić information content (AvgIpc) is 2.38. The number of alkyl halides is 3. The van der Waals surface area contributed by atoms with Gasteiger partial charge in [-0.3, -0.25) is 0 Å². The van der Waals surface area contributed by atoms with Gasteiger partial charge in [-0.05, 0) is 0 Å². The van der Waals surface area contributed by atoms with Gasteiger partial charge in [0, 0.05) is 0 Å². The summed E-state index contributed by atoms with van der Waals surface area (Å²) in [6.07, 6.45) is -0.778. The van der Waals surface area contributed by atoms with Crippen molar-refractivity contribution in [3.63, 3.8) is 0 Å². The van der Waals surface area contributed by atoms with Crippen LogP contribution in [0.2, 0.25) is 0 Å². The minimum Gasteiger partial charge on any atom is -0.367 e. The second-order valence-electron chi connectivity index (χ2n) is 2.05. The smallest absolute Gasteiger partial charge is 0.246 e. The van der Waals surface area contributed by atoms with Crippen molar-refractivity contribution < 1.29 is 14.9 Å². The topological polar surface area (TPSA) is 53.0 Å². The van der Waals surface area contributed by atoms with Gasteiger partial charge in [0.2, 0.25) is 9.58 Å². The molecule has 0 aromatic heterocycles. The Bertz CT molecular complexity index is 137. The third-order valence-corrected chi connectivity index (χ3v) is 2.03. The van der Waals surface area contributed by atoms with Crippen molar-refractivity contribution in [2.24, 2.45) is 0 Å². The van der Waals surface area contributed by atoms with Crippen molar-refractivity contribution in [3.05, 3.63) is 0 Å². The van der Waals surface area contributed by atoms with Gasteiger partial charge in [-0.25, -0.2) is 0 Å². The first-order valence-corrected chi connectivity index (χ1v) is 3.62. The fourth-order valence-electron chi connectivity index (χ4n) is 0.463. The highest BCUT2D eigenvalue weighted by Crippen LogP contribution is 2.42. The largest absolute Gasteiger partial charge is 0.367 e. The van der Waals surface area contributed by atoms with E-state index in [1.165, 1.54) is 0 Å².